The summed E-state index contributed by atoms with van der Waals surface area (Å²) in [4.78, 5) is 25.3. The summed E-state index contributed by atoms with van der Waals surface area (Å²) >= 11 is 1.78. The van der Waals surface area contributed by atoms with Crippen LogP contribution in [0.3, 0.4) is 0 Å². The molecular weight excluding hydrogens is 330 g/mol. The number of carbonyl (C=O) groups excluding carboxylic acids is 2. The first-order valence-corrected chi connectivity index (χ1v) is 9.60. The van der Waals surface area contributed by atoms with Gasteiger partial charge in [-0.3, -0.25) is 9.59 Å². The van der Waals surface area contributed by atoms with Gasteiger partial charge in [0.25, 0.3) is 0 Å². The lowest BCUT2D eigenvalue weighted by Crippen LogP contribution is -2.25. The van der Waals surface area contributed by atoms with Crippen molar-refractivity contribution >= 4 is 23.5 Å². The van der Waals surface area contributed by atoms with E-state index in [0.717, 1.165) is 17.7 Å². The smallest absolute Gasteiger partial charge is 0.220 e. The van der Waals surface area contributed by atoms with Crippen LogP contribution in [-0.4, -0.2) is 24.0 Å². The van der Waals surface area contributed by atoms with Crippen molar-refractivity contribution in [2.45, 2.75) is 38.0 Å². The van der Waals surface area contributed by atoms with E-state index in [9.17, 15) is 9.59 Å². The SMILES string of the molecule is Cc1ccc(C(=O)CCC(=O)NCCCSc2ccccc2)cc1C. The van der Waals surface area contributed by atoms with Crippen LogP contribution in [0.5, 0.6) is 0 Å². The Balaban J connectivity index is 1.61. The predicted molar refractivity (Wildman–Crippen MR) is 104 cm³/mol. The van der Waals surface area contributed by atoms with Crippen LogP contribution in [0.2, 0.25) is 0 Å². The van der Waals surface area contributed by atoms with E-state index in [1.54, 1.807) is 11.8 Å². The van der Waals surface area contributed by atoms with Crippen LogP contribution in [0, 0.1) is 13.8 Å². The van der Waals surface area contributed by atoms with E-state index in [1.165, 1.54) is 10.5 Å². The summed E-state index contributed by atoms with van der Waals surface area (Å²) in [5, 5.41) is 2.89. The van der Waals surface area contributed by atoms with Crippen LogP contribution >= 0.6 is 11.8 Å². The zero-order chi connectivity index (χ0) is 18.1. The van der Waals surface area contributed by atoms with Crippen molar-refractivity contribution in [3.05, 3.63) is 65.2 Å². The van der Waals surface area contributed by atoms with Gasteiger partial charge in [0.2, 0.25) is 5.91 Å². The number of hydrogen-bond acceptors (Lipinski definition) is 3. The number of Topliss-reactive ketones (excluding diaryl/α,β-unsaturated/α-hetero) is 1. The first kappa shape index (κ1) is 19.3. The molecule has 1 N–H and O–H groups in total. The standard InChI is InChI=1S/C21H25NO2S/c1-16-9-10-18(15-17(16)2)20(23)11-12-21(24)22-13-6-14-25-19-7-4-3-5-8-19/h3-5,7-10,15H,6,11-14H2,1-2H3,(H,22,24). The number of rotatable bonds is 9. The van der Waals surface area contributed by atoms with Gasteiger partial charge >= 0.3 is 0 Å². The van der Waals surface area contributed by atoms with E-state index in [0.29, 0.717) is 12.1 Å². The third-order valence-electron chi connectivity index (χ3n) is 4.06. The molecule has 0 unspecified atom stereocenters. The number of amides is 1. The minimum atomic E-state index is -0.0538. The molecule has 132 valence electrons. The van der Waals surface area contributed by atoms with Gasteiger partial charge < -0.3 is 5.32 Å². The summed E-state index contributed by atoms with van der Waals surface area (Å²) in [6, 6.07) is 15.9. The third kappa shape index (κ3) is 6.75. The highest BCUT2D eigenvalue weighted by molar-refractivity contribution is 7.99. The molecule has 3 nitrogen and oxygen atoms in total. The molecule has 0 saturated heterocycles. The second-order valence-electron chi connectivity index (χ2n) is 6.09. The fourth-order valence-electron chi connectivity index (χ4n) is 2.38. The number of thioether (sulfide) groups is 1. The van der Waals surface area contributed by atoms with E-state index >= 15 is 0 Å². The summed E-state index contributed by atoms with van der Waals surface area (Å²) in [6.07, 6.45) is 1.42. The van der Waals surface area contributed by atoms with E-state index in [1.807, 2.05) is 50.2 Å². The van der Waals surface area contributed by atoms with Gasteiger partial charge in [-0.25, -0.2) is 0 Å². The van der Waals surface area contributed by atoms with Gasteiger partial charge in [0.15, 0.2) is 5.78 Å². The van der Waals surface area contributed by atoms with Crippen molar-refractivity contribution in [2.75, 3.05) is 12.3 Å². The van der Waals surface area contributed by atoms with Crippen molar-refractivity contribution in [1.29, 1.82) is 0 Å². The first-order valence-electron chi connectivity index (χ1n) is 8.61. The van der Waals surface area contributed by atoms with E-state index in [-0.39, 0.29) is 24.5 Å². The molecule has 0 spiro atoms. The zero-order valence-corrected chi connectivity index (χ0v) is 15.7. The number of ketones is 1. The Hall–Kier alpha value is -2.07. The minimum absolute atomic E-state index is 0.0258. The molecule has 1 amide bonds. The van der Waals surface area contributed by atoms with Crippen molar-refractivity contribution in [3.8, 4) is 0 Å². The van der Waals surface area contributed by atoms with E-state index < -0.39 is 0 Å². The summed E-state index contributed by atoms with van der Waals surface area (Å²) in [5.41, 5.74) is 2.96. The van der Waals surface area contributed by atoms with Gasteiger partial charge in [0.05, 0.1) is 0 Å². The second-order valence-corrected chi connectivity index (χ2v) is 7.26. The van der Waals surface area contributed by atoms with Gasteiger partial charge in [0.1, 0.15) is 0 Å². The highest BCUT2D eigenvalue weighted by atomic mass is 32.2. The van der Waals surface area contributed by atoms with Gasteiger partial charge in [-0.2, -0.15) is 0 Å². The Bertz CT molecular complexity index is 713. The average molecular weight is 356 g/mol. The molecular formula is C21H25NO2S. The third-order valence-corrected chi connectivity index (χ3v) is 5.16. The Kier molecular flexibility index (Phi) is 7.74. The highest BCUT2D eigenvalue weighted by Crippen LogP contribution is 2.17. The lowest BCUT2D eigenvalue weighted by Gasteiger charge is -2.06. The van der Waals surface area contributed by atoms with Gasteiger partial charge in [-0.05, 0) is 55.3 Å². The normalized spacial score (nSPS) is 10.5. The molecule has 0 aliphatic carbocycles. The number of hydrogen-bond donors (Lipinski definition) is 1. The van der Waals surface area contributed by atoms with Crippen molar-refractivity contribution < 1.29 is 9.59 Å². The first-order chi connectivity index (χ1) is 12.1. The van der Waals surface area contributed by atoms with Gasteiger partial charge in [0, 0.05) is 29.8 Å². The van der Waals surface area contributed by atoms with Crippen molar-refractivity contribution in [3.63, 3.8) is 0 Å². The Morgan fingerprint density at radius 1 is 0.960 bits per heavy atom. The Morgan fingerprint density at radius 2 is 1.72 bits per heavy atom. The maximum atomic E-state index is 12.2. The van der Waals surface area contributed by atoms with Gasteiger partial charge in [-0.1, -0.05) is 30.3 Å². The van der Waals surface area contributed by atoms with Crippen LogP contribution in [0.1, 0.15) is 40.7 Å². The second kappa shape index (κ2) is 10.0. The molecule has 0 aliphatic heterocycles. The van der Waals surface area contributed by atoms with Crippen molar-refractivity contribution in [2.24, 2.45) is 0 Å². The molecule has 0 fully saturated rings. The molecule has 0 radical (unpaired) electrons. The number of benzene rings is 2. The van der Waals surface area contributed by atoms with Crippen LogP contribution in [-0.2, 0) is 4.79 Å². The van der Waals surface area contributed by atoms with E-state index in [2.05, 4.69) is 17.4 Å². The summed E-state index contributed by atoms with van der Waals surface area (Å²) < 4.78 is 0. The molecule has 0 aliphatic rings. The monoisotopic (exact) mass is 355 g/mol. The summed E-state index contributed by atoms with van der Waals surface area (Å²) in [7, 11) is 0. The highest BCUT2D eigenvalue weighted by Gasteiger charge is 2.10. The molecule has 2 aromatic carbocycles. The zero-order valence-electron chi connectivity index (χ0n) is 14.9. The molecule has 0 atom stereocenters. The van der Waals surface area contributed by atoms with Crippen LogP contribution in [0.15, 0.2) is 53.4 Å². The maximum Gasteiger partial charge on any atom is 0.220 e. The van der Waals surface area contributed by atoms with Crippen LogP contribution < -0.4 is 5.32 Å². The molecule has 0 heterocycles. The lowest BCUT2D eigenvalue weighted by molar-refractivity contribution is -0.121. The van der Waals surface area contributed by atoms with Crippen molar-refractivity contribution in [1.82, 2.24) is 5.32 Å². The molecule has 2 aromatic rings. The number of carbonyl (C=O) groups is 2. The molecule has 4 heteroatoms. The fraction of sp³-hybridized carbons (Fsp3) is 0.333. The molecule has 0 saturated carbocycles. The quantitative estimate of drug-likeness (QED) is 0.407. The van der Waals surface area contributed by atoms with Gasteiger partial charge in [-0.15, -0.1) is 11.8 Å². The molecule has 0 aromatic heterocycles. The largest absolute Gasteiger partial charge is 0.356 e. The fourth-order valence-corrected chi connectivity index (χ4v) is 3.26. The molecule has 2 rings (SSSR count). The van der Waals surface area contributed by atoms with Crippen LogP contribution in [0.25, 0.3) is 0 Å². The summed E-state index contributed by atoms with van der Waals surface area (Å²) in [5.74, 6) is 0.936. The molecule has 25 heavy (non-hydrogen) atoms. The minimum Gasteiger partial charge on any atom is -0.356 e. The topological polar surface area (TPSA) is 46.2 Å². The average Bonchev–Trinajstić information content (AvgIpc) is 2.62. The summed E-state index contributed by atoms with van der Waals surface area (Å²) in [6.45, 7) is 4.66. The maximum absolute atomic E-state index is 12.2. The Labute approximate surface area is 154 Å². The van der Waals surface area contributed by atoms with Crippen LogP contribution in [0.4, 0.5) is 0 Å². The number of nitrogens with one attached hydrogen (secondary N) is 1. The molecule has 0 bridgehead atoms. The number of aryl methyl sites for hydroxylation is 2. The predicted octanol–water partition coefficient (Wildman–Crippen LogP) is 4.56. The van der Waals surface area contributed by atoms with E-state index in [4.69, 9.17) is 0 Å². The Morgan fingerprint density at radius 3 is 2.44 bits per heavy atom. The lowest BCUT2D eigenvalue weighted by atomic mass is 10.0.